The largest absolute Gasteiger partial charge is 0.208 e. The van der Waals surface area contributed by atoms with E-state index in [1.165, 1.54) is 0 Å². The lowest BCUT2D eigenvalue weighted by Crippen LogP contribution is -2.00. The average molecular weight is 711 g/mol. The molecule has 0 spiro atoms. The van der Waals surface area contributed by atoms with Gasteiger partial charge in [-0.2, -0.15) is 0 Å². The van der Waals surface area contributed by atoms with Crippen LogP contribution < -0.4 is 0 Å². The van der Waals surface area contributed by atoms with Crippen LogP contribution in [0.4, 0.5) is 0 Å². The van der Waals surface area contributed by atoms with E-state index in [1.807, 2.05) is 0 Å². The average Bonchev–Trinajstić information content (AvgIpc) is 3.51. The van der Waals surface area contributed by atoms with Crippen LogP contribution in [0.15, 0.2) is 200 Å². The van der Waals surface area contributed by atoms with E-state index in [-0.39, 0.29) is 23.0 Å². The van der Waals surface area contributed by atoms with Crippen molar-refractivity contribution in [2.75, 3.05) is 0 Å². The van der Waals surface area contributed by atoms with E-state index in [2.05, 4.69) is 15.0 Å². The number of aromatic nitrogens is 3. The molecule has 0 fully saturated rings. The first kappa shape index (κ1) is 15.8. The van der Waals surface area contributed by atoms with Crippen molar-refractivity contribution in [3.05, 3.63) is 200 Å². The summed E-state index contributed by atoms with van der Waals surface area (Å²) in [6.45, 7) is 0. The first-order valence-electron chi connectivity index (χ1n) is 27.9. The third-order valence-electron chi connectivity index (χ3n) is 8.49. The highest BCUT2D eigenvalue weighted by molar-refractivity contribution is 6.25. The second-order valence-corrected chi connectivity index (χ2v) is 11.8. The summed E-state index contributed by atoms with van der Waals surface area (Å²) < 4.78 is 208. The van der Waals surface area contributed by atoms with Gasteiger partial charge in [-0.05, 0) is 77.8 Å². The van der Waals surface area contributed by atoms with Gasteiger partial charge in [0.15, 0.2) is 17.5 Å². The van der Waals surface area contributed by atoms with Gasteiger partial charge in [0.2, 0.25) is 0 Å². The molecule has 10 aromatic rings. The quantitative estimate of drug-likeness (QED) is 0.161. The fourth-order valence-electron chi connectivity index (χ4n) is 5.91. The first-order chi connectivity index (χ1) is 36.4. The minimum absolute atomic E-state index is 0.139. The van der Waals surface area contributed by atoms with Crippen LogP contribution in [0.25, 0.3) is 99.9 Å². The Balaban J connectivity index is 1.22. The molecule has 0 unspecified atom stereocenters. The van der Waals surface area contributed by atoms with Crippen LogP contribution in [0.2, 0.25) is 0 Å². The fourth-order valence-corrected chi connectivity index (χ4v) is 5.91. The summed E-state index contributed by atoms with van der Waals surface area (Å²) in [6.07, 6.45) is 0. The molecule has 252 valence electrons. The number of hydrogen-bond acceptors (Lipinski definition) is 3. The molecule has 0 radical (unpaired) electrons. The van der Waals surface area contributed by atoms with Crippen molar-refractivity contribution < 1.29 is 31.5 Å². The Kier molecular flexibility index (Phi) is 3.92. The van der Waals surface area contributed by atoms with E-state index < -0.39 is 205 Å². The van der Waals surface area contributed by atoms with Crippen molar-refractivity contribution in [1.82, 2.24) is 15.0 Å². The Morgan fingerprint density at radius 2 is 0.611 bits per heavy atom. The van der Waals surface area contributed by atoms with Crippen molar-refractivity contribution in [3.8, 4) is 67.5 Å². The van der Waals surface area contributed by atoms with Crippen molar-refractivity contribution in [2.24, 2.45) is 0 Å². The molecule has 54 heavy (non-hydrogen) atoms. The van der Waals surface area contributed by atoms with Crippen LogP contribution in [-0.4, -0.2) is 15.0 Å². The SMILES string of the molecule is [2H]c1c([2H])c(-c2c([2H])c([2H])c(-c3c([2H])c([2H])c(-c4nc(-c5ccccc5)nc(-c5ccccc5)n4)c([2H])c3[2H])c([2H])c2[2H])c([2H])c(-c2c([2H])c([2H])c3c4c([2H])c([2H])c([2H])c([2H])c4c4c([2H])c([2H])c([2H])c([2H])c4c3c2[2H])c1[2H]. The van der Waals surface area contributed by atoms with Gasteiger partial charge in [0.1, 0.15) is 0 Å². The van der Waals surface area contributed by atoms with Gasteiger partial charge in [-0.1, -0.05) is 188 Å². The van der Waals surface area contributed by atoms with E-state index in [1.54, 1.807) is 60.7 Å². The lowest BCUT2D eigenvalue weighted by atomic mass is 9.91. The van der Waals surface area contributed by atoms with Gasteiger partial charge in [-0.3, -0.25) is 0 Å². The van der Waals surface area contributed by atoms with E-state index in [9.17, 15) is 16.4 Å². The molecule has 0 aliphatic carbocycles. The number of benzene rings is 9. The second-order valence-electron chi connectivity index (χ2n) is 11.8. The molecule has 3 nitrogen and oxygen atoms in total. The van der Waals surface area contributed by atoms with Gasteiger partial charge in [0.25, 0.3) is 0 Å². The molecule has 0 aliphatic heterocycles. The molecular formula is C51H33N3. The van der Waals surface area contributed by atoms with E-state index in [0.717, 1.165) is 0 Å². The zero-order valence-corrected chi connectivity index (χ0v) is 27.6. The Morgan fingerprint density at radius 3 is 1.11 bits per heavy atom. The van der Waals surface area contributed by atoms with Gasteiger partial charge < -0.3 is 0 Å². The summed E-state index contributed by atoms with van der Waals surface area (Å²) in [5.41, 5.74) is -3.97. The number of rotatable bonds is 6. The van der Waals surface area contributed by atoms with Crippen molar-refractivity contribution in [1.29, 1.82) is 0 Å². The number of hydrogen-bond donors (Lipinski definition) is 0. The zero-order valence-electron chi connectivity index (χ0n) is 50.6. The topological polar surface area (TPSA) is 38.7 Å². The van der Waals surface area contributed by atoms with Crippen molar-refractivity contribution in [3.63, 3.8) is 0 Å². The molecule has 0 atom stereocenters. The Bertz CT molecular complexity index is 4140. The molecule has 0 aliphatic rings. The summed E-state index contributed by atoms with van der Waals surface area (Å²) in [5.74, 6) is 0.0255. The molecular weight excluding hydrogens is 655 g/mol. The maximum absolute atomic E-state index is 9.66. The van der Waals surface area contributed by atoms with Crippen LogP contribution >= 0.6 is 0 Å². The van der Waals surface area contributed by atoms with Crippen LogP contribution in [0.5, 0.6) is 0 Å². The summed E-state index contributed by atoms with van der Waals surface area (Å²) in [6, 6.07) is -2.73. The predicted octanol–water partition coefficient (Wildman–Crippen LogP) is 13.3. The van der Waals surface area contributed by atoms with Crippen LogP contribution in [0.3, 0.4) is 0 Å². The summed E-state index contributed by atoms with van der Waals surface area (Å²) in [5, 5.41) is -2.94. The van der Waals surface area contributed by atoms with Gasteiger partial charge in [0.05, 0.1) is 31.5 Å². The molecule has 0 saturated heterocycles. The molecule has 0 bridgehead atoms. The van der Waals surface area contributed by atoms with E-state index in [4.69, 9.17) is 15.1 Å². The van der Waals surface area contributed by atoms with E-state index >= 15 is 0 Å². The van der Waals surface area contributed by atoms with Gasteiger partial charge in [0, 0.05) is 16.7 Å². The molecule has 10 rings (SSSR count). The van der Waals surface area contributed by atoms with Crippen molar-refractivity contribution in [2.45, 2.75) is 0 Å². The Hall–Kier alpha value is -7.23. The van der Waals surface area contributed by atoms with Crippen LogP contribution in [0.1, 0.15) is 31.5 Å². The monoisotopic (exact) mass is 710 g/mol. The van der Waals surface area contributed by atoms with Gasteiger partial charge >= 0.3 is 0 Å². The third kappa shape index (κ3) is 5.78. The highest BCUT2D eigenvalue weighted by Crippen LogP contribution is 2.38. The molecule has 9 aromatic carbocycles. The number of nitrogens with zero attached hydrogens (tertiary/aromatic N) is 3. The normalized spacial score (nSPS) is 17.3. The molecule has 0 N–H and O–H groups in total. The van der Waals surface area contributed by atoms with Crippen molar-refractivity contribution >= 4 is 32.3 Å². The van der Waals surface area contributed by atoms with E-state index in [0.29, 0.717) is 11.1 Å². The fraction of sp³-hybridized carbons (Fsp3) is 0. The van der Waals surface area contributed by atoms with Gasteiger partial charge in [-0.15, -0.1) is 0 Å². The Labute approximate surface area is 346 Å². The predicted molar refractivity (Wildman–Crippen MR) is 225 cm³/mol. The minimum Gasteiger partial charge on any atom is -0.208 e. The number of fused-ring (bicyclic) bond motifs is 6. The molecule has 1 aromatic heterocycles. The second kappa shape index (κ2) is 13.4. The molecule has 1 heterocycles. The van der Waals surface area contributed by atoms with Crippen LogP contribution in [0, 0.1) is 0 Å². The highest BCUT2D eigenvalue weighted by atomic mass is 15.0. The maximum Gasteiger partial charge on any atom is 0.164 e. The third-order valence-corrected chi connectivity index (χ3v) is 8.49. The first-order valence-corrected chi connectivity index (χ1v) is 16.4. The molecule has 0 saturated carbocycles. The Morgan fingerprint density at radius 1 is 0.259 bits per heavy atom. The maximum atomic E-state index is 9.66. The minimum atomic E-state index is -1.02. The zero-order chi connectivity index (χ0) is 55.9. The highest BCUT2D eigenvalue weighted by Gasteiger charge is 2.13. The van der Waals surface area contributed by atoms with Gasteiger partial charge in [-0.25, -0.2) is 15.0 Å². The smallest absolute Gasteiger partial charge is 0.164 e. The summed E-state index contributed by atoms with van der Waals surface area (Å²) >= 11 is 0. The van der Waals surface area contributed by atoms with Crippen LogP contribution in [-0.2, 0) is 0 Å². The lowest BCUT2D eigenvalue weighted by Gasteiger charge is -2.13. The standard InChI is InChI=1S/C51H33N3/c1-3-12-37(13-4-1)49-52-50(38-14-5-2-6-15-38)54-51(53-49)39-28-26-35(27-29-39)34-22-24-36(25-23-34)40-16-11-17-41(32-40)42-30-31-47-45-20-8-7-18-43(45)44-19-9-10-21-46(44)48(47)33-42/h1-33H/i7D,8D,9D,10D,11D,16D,17D,18D,19D,20D,21D,22D,23D,24D,25D,26D,27D,28D,29D,30D,31D,32D,33D. The molecule has 0 amide bonds. The molecule has 3 heteroatoms. The lowest BCUT2D eigenvalue weighted by molar-refractivity contribution is 1.07. The summed E-state index contributed by atoms with van der Waals surface area (Å²) in [7, 11) is 0. The summed E-state index contributed by atoms with van der Waals surface area (Å²) in [4.78, 5) is 13.7.